The van der Waals surface area contributed by atoms with Crippen LogP contribution in [0.25, 0.3) is 0 Å². The van der Waals surface area contributed by atoms with Crippen LogP contribution in [0.2, 0.25) is 0 Å². The number of methoxy groups -OCH3 is 1. The molecule has 96 valence electrons. The van der Waals surface area contributed by atoms with E-state index in [1.54, 1.807) is 18.9 Å². The van der Waals surface area contributed by atoms with Gasteiger partial charge in [0.1, 0.15) is 5.75 Å². The van der Waals surface area contributed by atoms with Gasteiger partial charge in [-0.25, -0.2) is 0 Å². The first-order valence-corrected chi connectivity index (χ1v) is 7.23. The van der Waals surface area contributed by atoms with Gasteiger partial charge in [-0.1, -0.05) is 12.1 Å². The SMILES string of the molecule is COc1ccccc1SCCC(C#N)NC1CC1. The number of hydrogen-bond acceptors (Lipinski definition) is 4. The summed E-state index contributed by atoms with van der Waals surface area (Å²) in [5.74, 6) is 1.84. The Morgan fingerprint density at radius 3 is 2.94 bits per heavy atom. The predicted octanol–water partition coefficient (Wildman–Crippen LogP) is 2.82. The van der Waals surface area contributed by atoms with Crippen molar-refractivity contribution in [1.29, 1.82) is 5.26 Å². The zero-order chi connectivity index (χ0) is 12.8. The van der Waals surface area contributed by atoms with Crippen molar-refractivity contribution in [3.8, 4) is 11.8 Å². The lowest BCUT2D eigenvalue weighted by molar-refractivity contribution is 0.405. The van der Waals surface area contributed by atoms with Crippen LogP contribution < -0.4 is 10.1 Å². The second-order valence-corrected chi connectivity index (χ2v) is 5.55. The molecule has 2 rings (SSSR count). The Hall–Kier alpha value is -1.18. The van der Waals surface area contributed by atoms with Crippen molar-refractivity contribution in [2.75, 3.05) is 12.9 Å². The van der Waals surface area contributed by atoms with Gasteiger partial charge in [0.05, 0.1) is 19.2 Å². The zero-order valence-electron chi connectivity index (χ0n) is 10.6. The Kier molecular flexibility index (Phi) is 4.91. The first kappa shape index (κ1) is 13.3. The van der Waals surface area contributed by atoms with Crippen LogP contribution in [-0.2, 0) is 0 Å². The third kappa shape index (κ3) is 3.94. The molecule has 0 amide bonds. The molecule has 0 heterocycles. The minimum absolute atomic E-state index is 0.0142. The van der Waals surface area contributed by atoms with Crippen molar-refractivity contribution >= 4 is 11.8 Å². The van der Waals surface area contributed by atoms with Gasteiger partial charge < -0.3 is 4.74 Å². The molecule has 3 nitrogen and oxygen atoms in total. The van der Waals surface area contributed by atoms with E-state index in [9.17, 15) is 0 Å². The summed E-state index contributed by atoms with van der Waals surface area (Å²) in [5.41, 5.74) is 0. The van der Waals surface area contributed by atoms with Crippen molar-refractivity contribution in [2.24, 2.45) is 0 Å². The molecule has 0 spiro atoms. The van der Waals surface area contributed by atoms with Gasteiger partial charge in [0.15, 0.2) is 0 Å². The molecule has 1 aromatic rings. The lowest BCUT2D eigenvalue weighted by atomic mass is 10.2. The largest absolute Gasteiger partial charge is 0.496 e. The molecule has 1 aliphatic rings. The average molecular weight is 262 g/mol. The summed E-state index contributed by atoms with van der Waals surface area (Å²) >= 11 is 1.75. The Morgan fingerprint density at radius 2 is 2.28 bits per heavy atom. The van der Waals surface area contributed by atoms with Gasteiger partial charge in [-0.05, 0) is 31.4 Å². The summed E-state index contributed by atoms with van der Waals surface area (Å²) in [6.45, 7) is 0. The molecule has 18 heavy (non-hydrogen) atoms. The fourth-order valence-electron chi connectivity index (χ4n) is 1.74. The maximum absolute atomic E-state index is 9.05. The lowest BCUT2D eigenvalue weighted by Crippen LogP contribution is -2.29. The molecule has 0 radical (unpaired) electrons. The van der Waals surface area contributed by atoms with Crippen molar-refractivity contribution in [3.05, 3.63) is 24.3 Å². The molecule has 1 atom stereocenters. The smallest absolute Gasteiger partial charge is 0.132 e. The third-order valence-corrected chi connectivity index (χ3v) is 3.99. The Labute approximate surface area is 113 Å². The number of para-hydroxylation sites is 1. The van der Waals surface area contributed by atoms with E-state index in [1.807, 2.05) is 18.2 Å². The van der Waals surface area contributed by atoms with Gasteiger partial charge in [0, 0.05) is 16.7 Å². The van der Waals surface area contributed by atoms with Gasteiger partial charge in [0.2, 0.25) is 0 Å². The van der Waals surface area contributed by atoms with Crippen molar-refractivity contribution < 1.29 is 4.74 Å². The zero-order valence-corrected chi connectivity index (χ0v) is 11.4. The fourth-order valence-corrected chi connectivity index (χ4v) is 2.79. The lowest BCUT2D eigenvalue weighted by Gasteiger charge is -2.11. The highest BCUT2D eigenvalue weighted by Gasteiger charge is 2.24. The van der Waals surface area contributed by atoms with E-state index in [1.165, 1.54) is 12.8 Å². The second kappa shape index (κ2) is 6.67. The number of hydrogen-bond donors (Lipinski definition) is 1. The van der Waals surface area contributed by atoms with Gasteiger partial charge >= 0.3 is 0 Å². The molecule has 1 unspecified atom stereocenters. The molecule has 1 N–H and O–H groups in total. The topological polar surface area (TPSA) is 45.0 Å². The molecule has 0 aromatic heterocycles. The summed E-state index contributed by atoms with van der Waals surface area (Å²) in [6, 6.07) is 10.9. The average Bonchev–Trinajstić information content (AvgIpc) is 3.22. The highest BCUT2D eigenvalue weighted by molar-refractivity contribution is 7.99. The van der Waals surface area contributed by atoms with Crippen LogP contribution in [0, 0.1) is 11.3 Å². The minimum Gasteiger partial charge on any atom is -0.496 e. The normalized spacial score (nSPS) is 16.0. The van der Waals surface area contributed by atoms with E-state index in [0.29, 0.717) is 6.04 Å². The standard InChI is InChI=1S/C14H18N2OS/c1-17-13-4-2-3-5-14(13)18-9-8-12(10-15)16-11-6-7-11/h2-5,11-12,16H,6-9H2,1H3. The molecule has 1 fully saturated rings. The molecular formula is C14H18N2OS. The van der Waals surface area contributed by atoms with E-state index < -0.39 is 0 Å². The number of nitriles is 1. The summed E-state index contributed by atoms with van der Waals surface area (Å²) in [7, 11) is 1.69. The molecule has 0 saturated heterocycles. The number of ether oxygens (including phenoxy) is 1. The molecule has 0 bridgehead atoms. The van der Waals surface area contributed by atoms with Crippen molar-refractivity contribution in [1.82, 2.24) is 5.32 Å². The van der Waals surface area contributed by atoms with Crippen molar-refractivity contribution in [3.63, 3.8) is 0 Å². The van der Waals surface area contributed by atoms with Crippen LogP contribution in [0.4, 0.5) is 0 Å². The number of thioether (sulfide) groups is 1. The Morgan fingerprint density at radius 1 is 1.50 bits per heavy atom. The molecule has 1 aliphatic carbocycles. The second-order valence-electron chi connectivity index (χ2n) is 4.41. The van der Waals surface area contributed by atoms with Crippen LogP contribution in [0.1, 0.15) is 19.3 Å². The molecule has 1 aromatic carbocycles. The van der Waals surface area contributed by atoms with Gasteiger partial charge in [-0.15, -0.1) is 11.8 Å². The summed E-state index contributed by atoms with van der Waals surface area (Å²) in [6.07, 6.45) is 3.31. The van der Waals surface area contributed by atoms with E-state index in [0.717, 1.165) is 22.8 Å². The number of rotatable bonds is 7. The van der Waals surface area contributed by atoms with Crippen LogP contribution in [0.5, 0.6) is 5.75 Å². The monoisotopic (exact) mass is 262 g/mol. The maximum Gasteiger partial charge on any atom is 0.132 e. The van der Waals surface area contributed by atoms with Gasteiger partial charge in [0.25, 0.3) is 0 Å². The molecule has 1 saturated carbocycles. The Bertz CT molecular complexity index is 426. The number of nitrogens with zero attached hydrogens (tertiary/aromatic N) is 1. The first-order valence-electron chi connectivity index (χ1n) is 6.25. The third-order valence-electron chi connectivity index (χ3n) is 2.90. The summed E-state index contributed by atoms with van der Waals surface area (Å²) in [4.78, 5) is 1.14. The molecule has 4 heteroatoms. The maximum atomic E-state index is 9.05. The highest BCUT2D eigenvalue weighted by atomic mass is 32.2. The van der Waals surface area contributed by atoms with Crippen LogP contribution >= 0.6 is 11.8 Å². The van der Waals surface area contributed by atoms with Gasteiger partial charge in [-0.2, -0.15) is 5.26 Å². The van der Waals surface area contributed by atoms with Crippen molar-refractivity contribution in [2.45, 2.75) is 36.2 Å². The van der Waals surface area contributed by atoms with Crippen LogP contribution in [0.3, 0.4) is 0 Å². The first-order chi connectivity index (χ1) is 8.83. The van der Waals surface area contributed by atoms with Crippen LogP contribution in [0.15, 0.2) is 29.2 Å². The van der Waals surface area contributed by atoms with Crippen LogP contribution in [-0.4, -0.2) is 24.9 Å². The van der Waals surface area contributed by atoms with E-state index in [2.05, 4.69) is 17.5 Å². The summed E-state index contributed by atoms with van der Waals surface area (Å²) < 4.78 is 5.30. The molecular weight excluding hydrogens is 244 g/mol. The predicted molar refractivity (Wildman–Crippen MR) is 73.9 cm³/mol. The highest BCUT2D eigenvalue weighted by Crippen LogP contribution is 2.29. The quantitative estimate of drug-likeness (QED) is 0.767. The molecule has 0 aliphatic heterocycles. The van der Waals surface area contributed by atoms with E-state index in [-0.39, 0.29) is 6.04 Å². The fraction of sp³-hybridized carbons (Fsp3) is 0.500. The van der Waals surface area contributed by atoms with E-state index in [4.69, 9.17) is 10.00 Å². The number of nitrogens with one attached hydrogen (secondary N) is 1. The minimum atomic E-state index is -0.0142. The Balaban J connectivity index is 1.78. The van der Waals surface area contributed by atoms with E-state index >= 15 is 0 Å². The summed E-state index contributed by atoms with van der Waals surface area (Å²) in [5, 5.41) is 12.4. The van der Waals surface area contributed by atoms with Gasteiger partial charge in [-0.3, -0.25) is 5.32 Å². The number of benzene rings is 1.